The molecule has 0 spiro atoms. The van der Waals surface area contributed by atoms with Gasteiger partial charge in [0.25, 0.3) is 10.0 Å². The molecule has 2 aromatic carbocycles. The Bertz CT molecular complexity index is 951. The maximum absolute atomic E-state index is 12.1. The number of halogens is 1. The molecule has 3 aromatic rings. The molecule has 8 heteroatoms. The molecule has 0 atom stereocenters. The molecule has 122 valence electrons. The molecule has 6 nitrogen and oxygen atoms in total. The lowest BCUT2D eigenvalue weighted by Gasteiger charge is -2.03. The van der Waals surface area contributed by atoms with Crippen LogP contribution < -0.4 is 4.83 Å². The zero-order chi connectivity index (χ0) is 17.0. The van der Waals surface area contributed by atoms with Gasteiger partial charge in [-0.15, -0.1) is 0 Å². The summed E-state index contributed by atoms with van der Waals surface area (Å²) in [5, 5.41) is 11.3. The minimum absolute atomic E-state index is 0.146. The normalized spacial score (nSPS) is 11.7. The van der Waals surface area contributed by atoms with E-state index in [9.17, 15) is 8.42 Å². The van der Waals surface area contributed by atoms with Gasteiger partial charge in [-0.3, -0.25) is 5.10 Å². The van der Waals surface area contributed by atoms with Crippen LogP contribution in [0.1, 0.15) is 5.56 Å². The average Bonchev–Trinajstić information content (AvgIpc) is 3.05. The molecular formula is C16H13ClN4O2S. The van der Waals surface area contributed by atoms with E-state index in [4.69, 9.17) is 11.6 Å². The number of aromatic amines is 1. The van der Waals surface area contributed by atoms with E-state index in [1.807, 2.05) is 12.1 Å². The van der Waals surface area contributed by atoms with Crippen molar-refractivity contribution in [3.8, 4) is 11.3 Å². The summed E-state index contributed by atoms with van der Waals surface area (Å²) in [7, 11) is -3.69. The summed E-state index contributed by atoms with van der Waals surface area (Å²) in [5.41, 5.74) is 2.23. The maximum Gasteiger partial charge on any atom is 0.276 e. The maximum atomic E-state index is 12.1. The number of hydrazone groups is 1. The molecule has 1 heterocycles. The van der Waals surface area contributed by atoms with E-state index in [1.54, 1.807) is 36.5 Å². The van der Waals surface area contributed by atoms with Gasteiger partial charge in [-0.25, -0.2) is 4.83 Å². The summed E-state index contributed by atoms with van der Waals surface area (Å²) in [4.78, 5) is 2.33. The van der Waals surface area contributed by atoms with Gasteiger partial charge in [-0.05, 0) is 24.3 Å². The zero-order valence-electron chi connectivity index (χ0n) is 12.3. The van der Waals surface area contributed by atoms with E-state index in [-0.39, 0.29) is 4.90 Å². The number of sulfonamides is 1. The van der Waals surface area contributed by atoms with Crippen LogP contribution in [-0.2, 0) is 10.0 Å². The largest absolute Gasteiger partial charge is 0.277 e. The fourth-order valence-corrected chi connectivity index (χ4v) is 3.00. The lowest BCUT2D eigenvalue weighted by atomic mass is 10.1. The number of benzene rings is 2. The summed E-state index contributed by atoms with van der Waals surface area (Å²) in [6, 6.07) is 15.2. The van der Waals surface area contributed by atoms with Crippen molar-refractivity contribution in [3.05, 3.63) is 71.4 Å². The second-order valence-corrected chi connectivity index (χ2v) is 6.97. The Kier molecular flexibility index (Phi) is 4.64. The minimum Gasteiger partial charge on any atom is -0.277 e. The first-order valence-electron chi connectivity index (χ1n) is 6.95. The first kappa shape index (κ1) is 16.2. The molecule has 0 amide bonds. The van der Waals surface area contributed by atoms with Crippen LogP contribution in [0.3, 0.4) is 0 Å². The summed E-state index contributed by atoms with van der Waals surface area (Å²) in [6.07, 6.45) is 2.96. The van der Waals surface area contributed by atoms with Gasteiger partial charge >= 0.3 is 0 Å². The quantitative estimate of drug-likeness (QED) is 0.541. The first-order valence-corrected chi connectivity index (χ1v) is 8.81. The van der Waals surface area contributed by atoms with Crippen LogP contribution in [0, 0.1) is 0 Å². The van der Waals surface area contributed by atoms with E-state index in [1.165, 1.54) is 18.3 Å². The smallest absolute Gasteiger partial charge is 0.276 e. The molecule has 3 rings (SSSR count). The summed E-state index contributed by atoms with van der Waals surface area (Å²) in [6.45, 7) is 0. The van der Waals surface area contributed by atoms with Crippen LogP contribution in [0.2, 0.25) is 5.02 Å². The van der Waals surface area contributed by atoms with Gasteiger partial charge in [0, 0.05) is 16.1 Å². The zero-order valence-corrected chi connectivity index (χ0v) is 13.9. The summed E-state index contributed by atoms with van der Waals surface area (Å²) in [5.74, 6) is 0. The van der Waals surface area contributed by atoms with Crippen LogP contribution in [0.25, 0.3) is 11.3 Å². The lowest BCUT2D eigenvalue weighted by Crippen LogP contribution is -2.18. The predicted molar refractivity (Wildman–Crippen MR) is 93.4 cm³/mol. The Morgan fingerprint density at radius 3 is 2.50 bits per heavy atom. The minimum atomic E-state index is -3.69. The van der Waals surface area contributed by atoms with E-state index in [0.717, 1.165) is 5.56 Å². The lowest BCUT2D eigenvalue weighted by molar-refractivity contribution is 0.584. The number of hydrogen-bond donors (Lipinski definition) is 2. The fraction of sp³-hybridized carbons (Fsp3) is 0. The van der Waals surface area contributed by atoms with Crippen LogP contribution in [0.15, 0.2) is 70.8 Å². The summed E-state index contributed by atoms with van der Waals surface area (Å²) < 4.78 is 24.2. The standard InChI is InChI=1S/C16H13ClN4O2S/c17-14-8-6-12(7-9-14)16-13(10-18-20-16)11-19-21-24(22,23)15-4-2-1-3-5-15/h1-11,21H,(H,18,20)/b19-11+. The van der Waals surface area contributed by atoms with Crippen molar-refractivity contribution in [2.24, 2.45) is 5.10 Å². The monoisotopic (exact) mass is 360 g/mol. The molecule has 0 radical (unpaired) electrons. The molecule has 1 aromatic heterocycles. The van der Waals surface area contributed by atoms with Crippen LogP contribution in [0.4, 0.5) is 0 Å². The number of nitrogens with zero attached hydrogens (tertiary/aromatic N) is 2. The molecule has 0 saturated heterocycles. The van der Waals surface area contributed by atoms with Gasteiger partial charge in [0.05, 0.1) is 23.0 Å². The Labute approximate surface area is 144 Å². The number of aromatic nitrogens is 2. The average molecular weight is 361 g/mol. The topological polar surface area (TPSA) is 87.2 Å². The van der Waals surface area contributed by atoms with Gasteiger partial charge in [0.1, 0.15) is 0 Å². The first-order chi connectivity index (χ1) is 11.6. The molecule has 0 unspecified atom stereocenters. The highest BCUT2D eigenvalue weighted by atomic mass is 35.5. The van der Waals surface area contributed by atoms with Gasteiger partial charge in [-0.1, -0.05) is 41.9 Å². The van der Waals surface area contributed by atoms with Crippen LogP contribution in [-0.4, -0.2) is 24.8 Å². The van der Waals surface area contributed by atoms with Crippen molar-refractivity contribution >= 4 is 27.8 Å². The Morgan fingerprint density at radius 1 is 1.08 bits per heavy atom. The van der Waals surface area contributed by atoms with Gasteiger partial charge < -0.3 is 0 Å². The third-order valence-electron chi connectivity index (χ3n) is 3.23. The number of nitrogens with one attached hydrogen (secondary N) is 2. The second kappa shape index (κ2) is 6.86. The molecule has 0 aliphatic carbocycles. The molecule has 0 aliphatic rings. The third kappa shape index (κ3) is 3.64. The predicted octanol–water partition coefficient (Wildman–Crippen LogP) is 3.04. The second-order valence-electron chi connectivity index (χ2n) is 4.87. The van der Waals surface area contributed by atoms with E-state index in [2.05, 4.69) is 20.1 Å². The van der Waals surface area contributed by atoms with Gasteiger partial charge in [-0.2, -0.15) is 18.6 Å². The van der Waals surface area contributed by atoms with E-state index < -0.39 is 10.0 Å². The third-order valence-corrected chi connectivity index (χ3v) is 4.72. The molecule has 2 N–H and O–H groups in total. The number of hydrogen-bond acceptors (Lipinski definition) is 4. The van der Waals surface area contributed by atoms with Crippen molar-refractivity contribution < 1.29 is 8.42 Å². The van der Waals surface area contributed by atoms with Gasteiger partial charge in [0.15, 0.2) is 0 Å². The van der Waals surface area contributed by atoms with Crippen LogP contribution >= 0.6 is 11.6 Å². The van der Waals surface area contributed by atoms with Gasteiger partial charge in [0.2, 0.25) is 0 Å². The van der Waals surface area contributed by atoms with Crippen molar-refractivity contribution in [3.63, 3.8) is 0 Å². The highest BCUT2D eigenvalue weighted by Crippen LogP contribution is 2.21. The molecule has 0 bridgehead atoms. The molecule has 0 aliphatic heterocycles. The molecule has 0 fully saturated rings. The van der Waals surface area contributed by atoms with Crippen LogP contribution in [0.5, 0.6) is 0 Å². The Hall–Kier alpha value is -2.64. The van der Waals surface area contributed by atoms with Crippen molar-refractivity contribution in [2.45, 2.75) is 4.90 Å². The van der Waals surface area contributed by atoms with Crippen molar-refractivity contribution in [1.82, 2.24) is 15.0 Å². The molecule has 0 saturated carbocycles. The van der Waals surface area contributed by atoms with Crippen molar-refractivity contribution in [1.29, 1.82) is 0 Å². The SMILES string of the molecule is O=S(=O)(N/N=C/c1cn[nH]c1-c1ccc(Cl)cc1)c1ccccc1. The Balaban J connectivity index is 1.79. The highest BCUT2D eigenvalue weighted by Gasteiger charge is 2.11. The fourth-order valence-electron chi connectivity index (χ4n) is 2.06. The van der Waals surface area contributed by atoms with E-state index in [0.29, 0.717) is 16.3 Å². The highest BCUT2D eigenvalue weighted by molar-refractivity contribution is 7.89. The number of rotatable bonds is 5. The molecular weight excluding hydrogens is 348 g/mol. The number of H-pyrrole nitrogens is 1. The Morgan fingerprint density at radius 2 is 1.79 bits per heavy atom. The van der Waals surface area contributed by atoms with Crippen molar-refractivity contribution in [2.75, 3.05) is 0 Å². The summed E-state index contributed by atoms with van der Waals surface area (Å²) >= 11 is 5.88. The van der Waals surface area contributed by atoms with E-state index >= 15 is 0 Å². The molecule has 24 heavy (non-hydrogen) atoms.